The third-order valence-electron chi connectivity index (χ3n) is 4.06. The Labute approximate surface area is 144 Å². The Morgan fingerprint density at radius 3 is 2.56 bits per heavy atom. The Morgan fingerprint density at radius 1 is 1.16 bits per heavy atom. The number of likely N-dealkylation sites (tertiary alicyclic amines) is 1. The number of benzene rings is 1. The second-order valence-corrected chi connectivity index (χ2v) is 5.75. The minimum atomic E-state index is -1.20. The number of piperidine rings is 1. The van der Waals surface area contributed by atoms with Gasteiger partial charge >= 0.3 is 5.97 Å². The van der Waals surface area contributed by atoms with Crippen LogP contribution in [0, 0.1) is 0 Å². The largest absolute Gasteiger partial charge is 0.493 e. The molecular formula is C18H19NO6. The zero-order valence-electron chi connectivity index (χ0n) is 13.8. The molecule has 1 aliphatic heterocycles. The highest BCUT2D eigenvalue weighted by Gasteiger charge is 2.28. The fourth-order valence-electron chi connectivity index (χ4n) is 2.84. The fraction of sp³-hybridized carbons (Fsp3) is 0.333. The zero-order valence-corrected chi connectivity index (χ0v) is 13.8. The van der Waals surface area contributed by atoms with Gasteiger partial charge in [-0.05, 0) is 37.1 Å². The Balaban J connectivity index is 1.68. The maximum absolute atomic E-state index is 12.5. The van der Waals surface area contributed by atoms with E-state index in [1.165, 1.54) is 12.1 Å². The molecule has 0 radical (unpaired) electrons. The minimum absolute atomic E-state index is 0.0235. The number of para-hydroxylation sites is 2. The van der Waals surface area contributed by atoms with Crippen LogP contribution in [0.5, 0.6) is 11.5 Å². The molecule has 7 nitrogen and oxygen atoms in total. The molecule has 0 spiro atoms. The molecule has 1 aromatic heterocycles. The van der Waals surface area contributed by atoms with Crippen LogP contribution in [0.3, 0.4) is 0 Å². The molecule has 132 valence electrons. The first-order chi connectivity index (χ1) is 12.1. The second-order valence-electron chi connectivity index (χ2n) is 5.75. The zero-order chi connectivity index (χ0) is 17.8. The Hall–Kier alpha value is -2.96. The Morgan fingerprint density at radius 2 is 1.88 bits per heavy atom. The molecule has 7 heteroatoms. The van der Waals surface area contributed by atoms with Crippen LogP contribution in [0.1, 0.15) is 34.0 Å². The summed E-state index contributed by atoms with van der Waals surface area (Å²) in [6.07, 6.45) is 1.45. The van der Waals surface area contributed by atoms with Crippen LogP contribution in [0.2, 0.25) is 0 Å². The molecule has 2 aromatic rings. The number of rotatable bonds is 5. The van der Waals surface area contributed by atoms with Gasteiger partial charge in [-0.2, -0.15) is 0 Å². The smallest absolute Gasteiger partial charge is 0.371 e. The van der Waals surface area contributed by atoms with Crippen molar-refractivity contribution in [3.8, 4) is 11.5 Å². The van der Waals surface area contributed by atoms with E-state index in [0.717, 1.165) is 12.8 Å². The highest BCUT2D eigenvalue weighted by Crippen LogP contribution is 2.29. The number of carboxylic acid groups (broad SMARTS) is 1. The van der Waals surface area contributed by atoms with Crippen molar-refractivity contribution < 1.29 is 28.6 Å². The topological polar surface area (TPSA) is 89.2 Å². The second kappa shape index (κ2) is 7.29. The number of methoxy groups -OCH3 is 1. The summed E-state index contributed by atoms with van der Waals surface area (Å²) in [5.74, 6) is -0.480. The molecule has 1 amide bonds. The number of hydrogen-bond donors (Lipinski definition) is 1. The summed E-state index contributed by atoms with van der Waals surface area (Å²) in [5, 5.41) is 8.90. The van der Waals surface area contributed by atoms with Crippen LogP contribution in [0.4, 0.5) is 0 Å². The maximum Gasteiger partial charge on any atom is 0.371 e. The lowest BCUT2D eigenvalue weighted by atomic mass is 10.1. The summed E-state index contributed by atoms with van der Waals surface area (Å²) in [5.41, 5.74) is 0. The standard InChI is InChI=1S/C18H19NO6/c1-23-13-6-2-3-7-14(13)24-12-5-4-10-19(11-12)17(20)15-8-9-16(25-15)18(21)22/h2-3,6-9,12H,4-5,10-11H2,1H3,(H,21,22). The van der Waals surface area contributed by atoms with Crippen molar-refractivity contribution in [3.63, 3.8) is 0 Å². The first kappa shape index (κ1) is 16.9. The number of hydrogen-bond acceptors (Lipinski definition) is 5. The van der Waals surface area contributed by atoms with E-state index >= 15 is 0 Å². The van der Waals surface area contributed by atoms with E-state index in [-0.39, 0.29) is 23.5 Å². The lowest BCUT2D eigenvalue weighted by molar-refractivity contribution is 0.0499. The maximum atomic E-state index is 12.5. The predicted octanol–water partition coefficient (Wildman–Crippen LogP) is 2.67. The van der Waals surface area contributed by atoms with E-state index in [0.29, 0.717) is 24.6 Å². The molecule has 1 aromatic carbocycles. The van der Waals surface area contributed by atoms with Gasteiger partial charge in [0.25, 0.3) is 5.91 Å². The van der Waals surface area contributed by atoms with Gasteiger partial charge in [-0.1, -0.05) is 12.1 Å². The number of carboxylic acids is 1. The summed E-state index contributed by atoms with van der Waals surface area (Å²) in [6.45, 7) is 0.980. The molecule has 1 fully saturated rings. The molecule has 1 unspecified atom stereocenters. The molecule has 3 rings (SSSR count). The van der Waals surface area contributed by atoms with Crippen LogP contribution < -0.4 is 9.47 Å². The van der Waals surface area contributed by atoms with Crippen LogP contribution in [0.25, 0.3) is 0 Å². The summed E-state index contributed by atoms with van der Waals surface area (Å²) in [4.78, 5) is 25.0. The molecule has 2 heterocycles. The van der Waals surface area contributed by atoms with Crippen LogP contribution >= 0.6 is 0 Å². The van der Waals surface area contributed by atoms with E-state index in [2.05, 4.69) is 0 Å². The highest BCUT2D eigenvalue weighted by atomic mass is 16.5. The molecule has 0 saturated carbocycles. The molecule has 1 aliphatic rings. The average molecular weight is 345 g/mol. The number of aromatic carboxylic acids is 1. The third kappa shape index (κ3) is 3.76. The Bertz CT molecular complexity index is 768. The van der Waals surface area contributed by atoms with E-state index in [1.54, 1.807) is 12.0 Å². The van der Waals surface area contributed by atoms with Gasteiger partial charge < -0.3 is 23.9 Å². The number of nitrogens with zero attached hydrogens (tertiary/aromatic N) is 1. The van der Waals surface area contributed by atoms with Gasteiger partial charge in [0.05, 0.1) is 13.7 Å². The lowest BCUT2D eigenvalue weighted by Gasteiger charge is -2.32. The predicted molar refractivity (Wildman–Crippen MR) is 88.2 cm³/mol. The number of furan rings is 1. The quantitative estimate of drug-likeness (QED) is 0.896. The van der Waals surface area contributed by atoms with Crippen molar-refractivity contribution in [2.75, 3.05) is 20.2 Å². The number of amides is 1. The molecule has 1 saturated heterocycles. The van der Waals surface area contributed by atoms with Gasteiger partial charge in [0, 0.05) is 6.54 Å². The number of ether oxygens (including phenoxy) is 2. The van der Waals surface area contributed by atoms with E-state index < -0.39 is 5.97 Å². The first-order valence-electron chi connectivity index (χ1n) is 8.00. The summed E-state index contributed by atoms with van der Waals surface area (Å²) < 4.78 is 16.4. The fourth-order valence-corrected chi connectivity index (χ4v) is 2.84. The van der Waals surface area contributed by atoms with Crippen LogP contribution in [0.15, 0.2) is 40.8 Å². The van der Waals surface area contributed by atoms with Crippen molar-refractivity contribution in [3.05, 3.63) is 47.9 Å². The monoisotopic (exact) mass is 345 g/mol. The van der Waals surface area contributed by atoms with Gasteiger partial charge in [-0.25, -0.2) is 4.79 Å². The lowest BCUT2D eigenvalue weighted by Crippen LogP contribution is -2.44. The molecule has 25 heavy (non-hydrogen) atoms. The summed E-state index contributed by atoms with van der Waals surface area (Å²) >= 11 is 0. The number of carbonyl (C=O) groups is 2. The minimum Gasteiger partial charge on any atom is -0.493 e. The van der Waals surface area contributed by atoms with Crippen LogP contribution in [-0.2, 0) is 0 Å². The average Bonchev–Trinajstić information content (AvgIpc) is 3.12. The summed E-state index contributed by atoms with van der Waals surface area (Å²) in [6, 6.07) is 10.0. The van der Waals surface area contributed by atoms with Gasteiger partial charge in [0.15, 0.2) is 17.3 Å². The normalized spacial score (nSPS) is 17.2. The Kier molecular flexibility index (Phi) is 4.92. The summed E-state index contributed by atoms with van der Waals surface area (Å²) in [7, 11) is 1.58. The van der Waals surface area contributed by atoms with Crippen molar-refractivity contribution in [1.29, 1.82) is 0 Å². The third-order valence-corrected chi connectivity index (χ3v) is 4.06. The molecule has 1 N–H and O–H groups in total. The van der Waals surface area contributed by atoms with E-state index in [4.69, 9.17) is 19.0 Å². The molecule has 0 aliphatic carbocycles. The van der Waals surface area contributed by atoms with Gasteiger partial charge in [0.2, 0.25) is 5.76 Å². The highest BCUT2D eigenvalue weighted by molar-refractivity contribution is 5.93. The van der Waals surface area contributed by atoms with Crippen LogP contribution in [-0.4, -0.2) is 48.2 Å². The first-order valence-corrected chi connectivity index (χ1v) is 8.00. The molecule has 0 bridgehead atoms. The molecular weight excluding hydrogens is 326 g/mol. The van der Waals surface area contributed by atoms with Crippen molar-refractivity contribution >= 4 is 11.9 Å². The van der Waals surface area contributed by atoms with E-state index in [1.807, 2.05) is 24.3 Å². The SMILES string of the molecule is COc1ccccc1OC1CCCN(C(=O)c2ccc(C(=O)O)o2)C1. The van der Waals surface area contributed by atoms with Gasteiger partial charge in [-0.15, -0.1) is 0 Å². The van der Waals surface area contributed by atoms with Crippen molar-refractivity contribution in [1.82, 2.24) is 4.90 Å². The molecule has 1 atom stereocenters. The van der Waals surface area contributed by atoms with E-state index in [9.17, 15) is 9.59 Å². The van der Waals surface area contributed by atoms with Crippen molar-refractivity contribution in [2.45, 2.75) is 18.9 Å². The van der Waals surface area contributed by atoms with Gasteiger partial charge in [-0.3, -0.25) is 4.79 Å². The van der Waals surface area contributed by atoms with Gasteiger partial charge in [0.1, 0.15) is 6.10 Å². The van der Waals surface area contributed by atoms with Crippen molar-refractivity contribution in [2.24, 2.45) is 0 Å². The number of carbonyl (C=O) groups excluding carboxylic acids is 1.